The van der Waals surface area contributed by atoms with Crippen LogP contribution in [0.5, 0.6) is 0 Å². The predicted octanol–water partition coefficient (Wildman–Crippen LogP) is 5.00. The molecule has 0 saturated carbocycles. The SMILES string of the molecule is O=C(Cl)c1cc(-c2ccc(Cl)s2)nc2ccccc12. The van der Waals surface area contributed by atoms with E-state index in [2.05, 4.69) is 4.98 Å². The van der Waals surface area contributed by atoms with Crippen LogP contribution in [0, 0.1) is 0 Å². The molecular formula is C14H7Cl2NOS. The van der Waals surface area contributed by atoms with Gasteiger partial charge in [-0.1, -0.05) is 29.8 Å². The third-order valence-electron chi connectivity index (χ3n) is 2.75. The van der Waals surface area contributed by atoms with E-state index in [4.69, 9.17) is 23.2 Å². The van der Waals surface area contributed by atoms with Crippen molar-refractivity contribution in [3.05, 3.63) is 52.4 Å². The minimum absolute atomic E-state index is 0.465. The van der Waals surface area contributed by atoms with Crippen molar-refractivity contribution in [3.8, 4) is 10.6 Å². The van der Waals surface area contributed by atoms with Gasteiger partial charge in [0, 0.05) is 10.9 Å². The van der Waals surface area contributed by atoms with E-state index in [1.165, 1.54) is 11.3 Å². The molecular weight excluding hydrogens is 301 g/mol. The van der Waals surface area contributed by atoms with Crippen molar-refractivity contribution in [2.75, 3.05) is 0 Å². The van der Waals surface area contributed by atoms with Gasteiger partial charge in [0.15, 0.2) is 0 Å². The number of nitrogens with zero attached hydrogens (tertiary/aromatic N) is 1. The Bertz CT molecular complexity index is 782. The highest BCUT2D eigenvalue weighted by Crippen LogP contribution is 2.32. The van der Waals surface area contributed by atoms with Crippen LogP contribution in [-0.2, 0) is 0 Å². The van der Waals surface area contributed by atoms with Gasteiger partial charge in [0.05, 0.1) is 20.4 Å². The number of benzene rings is 1. The summed E-state index contributed by atoms with van der Waals surface area (Å²) < 4.78 is 0.684. The van der Waals surface area contributed by atoms with Crippen molar-refractivity contribution in [2.24, 2.45) is 0 Å². The maximum atomic E-state index is 11.6. The predicted molar refractivity (Wildman–Crippen MR) is 80.2 cm³/mol. The van der Waals surface area contributed by atoms with Crippen molar-refractivity contribution in [2.45, 2.75) is 0 Å². The number of hydrogen-bond acceptors (Lipinski definition) is 3. The molecule has 0 atom stereocenters. The monoisotopic (exact) mass is 307 g/mol. The van der Waals surface area contributed by atoms with Gasteiger partial charge in [-0.3, -0.25) is 4.79 Å². The number of hydrogen-bond donors (Lipinski definition) is 0. The Hall–Kier alpha value is -1.42. The molecule has 19 heavy (non-hydrogen) atoms. The third kappa shape index (κ3) is 2.37. The second-order valence-electron chi connectivity index (χ2n) is 3.95. The molecule has 94 valence electrons. The molecule has 0 N–H and O–H groups in total. The van der Waals surface area contributed by atoms with E-state index in [-0.39, 0.29) is 0 Å². The largest absolute Gasteiger partial charge is 0.276 e. The smallest absolute Gasteiger partial charge is 0.253 e. The second kappa shape index (κ2) is 4.93. The summed E-state index contributed by atoms with van der Waals surface area (Å²) in [5, 5.41) is 0.274. The van der Waals surface area contributed by atoms with E-state index < -0.39 is 5.24 Å². The van der Waals surface area contributed by atoms with Crippen LogP contribution in [-0.4, -0.2) is 10.2 Å². The Balaban J connectivity index is 2.30. The van der Waals surface area contributed by atoms with Gasteiger partial charge in [0.25, 0.3) is 5.24 Å². The van der Waals surface area contributed by atoms with Crippen LogP contribution in [0.1, 0.15) is 10.4 Å². The number of rotatable bonds is 2. The number of aromatic nitrogens is 1. The first-order chi connectivity index (χ1) is 9.15. The Morgan fingerprint density at radius 2 is 1.95 bits per heavy atom. The first-order valence-corrected chi connectivity index (χ1v) is 7.08. The molecule has 0 aliphatic rings. The van der Waals surface area contributed by atoms with E-state index >= 15 is 0 Å². The van der Waals surface area contributed by atoms with E-state index in [1.54, 1.807) is 12.1 Å². The molecule has 1 aromatic carbocycles. The Morgan fingerprint density at radius 3 is 2.63 bits per heavy atom. The van der Waals surface area contributed by atoms with Gasteiger partial charge in [0.2, 0.25) is 0 Å². The summed E-state index contributed by atoms with van der Waals surface area (Å²) in [4.78, 5) is 17.0. The zero-order valence-electron chi connectivity index (χ0n) is 9.56. The Labute approximate surface area is 123 Å². The van der Waals surface area contributed by atoms with Crippen molar-refractivity contribution in [1.29, 1.82) is 0 Å². The molecule has 2 nitrogen and oxygen atoms in total. The number of halogens is 2. The van der Waals surface area contributed by atoms with Crippen LogP contribution in [0.25, 0.3) is 21.5 Å². The molecule has 0 aliphatic heterocycles. The summed E-state index contributed by atoms with van der Waals surface area (Å²) >= 11 is 13.0. The lowest BCUT2D eigenvalue weighted by atomic mass is 10.1. The van der Waals surface area contributed by atoms with Gasteiger partial charge in [0.1, 0.15) is 0 Å². The summed E-state index contributed by atoms with van der Waals surface area (Å²) in [5.41, 5.74) is 1.92. The summed E-state index contributed by atoms with van der Waals surface area (Å²) in [7, 11) is 0. The molecule has 2 heterocycles. The van der Waals surface area contributed by atoms with Crippen LogP contribution in [0.4, 0.5) is 0 Å². The molecule has 3 rings (SSSR count). The Kier molecular flexibility index (Phi) is 3.27. The van der Waals surface area contributed by atoms with Crippen LogP contribution in [0.3, 0.4) is 0 Å². The standard InChI is InChI=1S/C14H7Cl2NOS/c15-13-6-5-12(19-13)11-7-9(14(16)18)8-3-1-2-4-10(8)17-11/h1-7H. The first kappa shape index (κ1) is 12.6. The molecule has 0 aliphatic carbocycles. The summed E-state index contributed by atoms with van der Waals surface area (Å²) in [6.45, 7) is 0. The number of carbonyl (C=O) groups is 1. The average Bonchev–Trinajstić information content (AvgIpc) is 2.84. The summed E-state index contributed by atoms with van der Waals surface area (Å²) in [5.74, 6) is 0. The molecule has 0 radical (unpaired) electrons. The molecule has 2 aromatic heterocycles. The van der Waals surface area contributed by atoms with Crippen LogP contribution < -0.4 is 0 Å². The van der Waals surface area contributed by atoms with Crippen LogP contribution in [0.2, 0.25) is 4.34 Å². The molecule has 0 unspecified atom stereocenters. The normalized spacial score (nSPS) is 10.8. The molecule has 0 bridgehead atoms. The highest BCUT2D eigenvalue weighted by Gasteiger charge is 2.12. The fraction of sp³-hybridized carbons (Fsp3) is 0. The van der Waals surface area contributed by atoms with Gasteiger partial charge in [-0.25, -0.2) is 4.98 Å². The quantitative estimate of drug-likeness (QED) is 0.624. The fourth-order valence-electron chi connectivity index (χ4n) is 1.92. The van der Waals surface area contributed by atoms with Crippen molar-refractivity contribution >= 4 is 50.7 Å². The second-order valence-corrected chi connectivity index (χ2v) is 6.01. The van der Waals surface area contributed by atoms with Crippen LogP contribution >= 0.6 is 34.5 Å². The minimum Gasteiger partial charge on any atom is -0.276 e. The molecule has 0 amide bonds. The number of carbonyl (C=O) groups excluding carboxylic acids is 1. The summed E-state index contributed by atoms with van der Waals surface area (Å²) in [6, 6.07) is 12.8. The number of thiophene rings is 1. The number of fused-ring (bicyclic) bond motifs is 1. The zero-order chi connectivity index (χ0) is 13.4. The number of para-hydroxylation sites is 1. The van der Waals surface area contributed by atoms with Gasteiger partial charge >= 0.3 is 0 Å². The van der Waals surface area contributed by atoms with Crippen molar-refractivity contribution in [3.63, 3.8) is 0 Å². The first-order valence-electron chi connectivity index (χ1n) is 5.50. The molecule has 0 spiro atoms. The van der Waals surface area contributed by atoms with Gasteiger partial charge < -0.3 is 0 Å². The topological polar surface area (TPSA) is 30.0 Å². The maximum absolute atomic E-state index is 11.6. The van der Waals surface area contributed by atoms with Gasteiger partial charge in [-0.2, -0.15) is 0 Å². The minimum atomic E-state index is -0.484. The third-order valence-corrected chi connectivity index (χ3v) is 4.21. The molecule has 3 aromatic rings. The molecule has 0 saturated heterocycles. The number of pyridine rings is 1. The summed E-state index contributed by atoms with van der Waals surface area (Å²) in [6.07, 6.45) is 0. The van der Waals surface area contributed by atoms with Crippen molar-refractivity contribution in [1.82, 2.24) is 4.98 Å². The lowest BCUT2D eigenvalue weighted by molar-refractivity contribution is 0.108. The lowest BCUT2D eigenvalue weighted by Gasteiger charge is -2.05. The van der Waals surface area contributed by atoms with E-state index in [0.29, 0.717) is 15.6 Å². The Morgan fingerprint density at radius 1 is 1.16 bits per heavy atom. The fourth-order valence-corrected chi connectivity index (χ4v) is 3.08. The van der Waals surface area contributed by atoms with E-state index in [9.17, 15) is 4.79 Å². The van der Waals surface area contributed by atoms with Crippen molar-refractivity contribution < 1.29 is 4.79 Å². The average molecular weight is 308 g/mol. The van der Waals surface area contributed by atoms with Gasteiger partial charge in [-0.05, 0) is 35.9 Å². The highest BCUT2D eigenvalue weighted by atomic mass is 35.5. The van der Waals surface area contributed by atoms with Gasteiger partial charge in [-0.15, -0.1) is 11.3 Å². The zero-order valence-corrected chi connectivity index (χ0v) is 11.9. The van der Waals surface area contributed by atoms with E-state index in [0.717, 1.165) is 15.8 Å². The highest BCUT2D eigenvalue weighted by molar-refractivity contribution is 7.19. The molecule has 5 heteroatoms. The maximum Gasteiger partial charge on any atom is 0.253 e. The van der Waals surface area contributed by atoms with Crippen LogP contribution in [0.15, 0.2) is 42.5 Å². The van der Waals surface area contributed by atoms with E-state index in [1.807, 2.05) is 30.3 Å². The molecule has 0 fully saturated rings. The lowest BCUT2D eigenvalue weighted by Crippen LogP contribution is -1.94.